The van der Waals surface area contributed by atoms with Crippen molar-refractivity contribution in [3.05, 3.63) is 29.8 Å². The van der Waals surface area contributed by atoms with E-state index in [1.165, 1.54) is 0 Å². The fourth-order valence-electron chi connectivity index (χ4n) is 1.32. The molecule has 0 aliphatic carbocycles. The molecular formula is C11H15NO2. The number of benzene rings is 1. The van der Waals surface area contributed by atoms with Gasteiger partial charge in [0.05, 0.1) is 12.6 Å². The predicted molar refractivity (Wildman–Crippen MR) is 55.2 cm³/mol. The van der Waals surface area contributed by atoms with E-state index in [0.717, 1.165) is 11.3 Å². The molecule has 1 aromatic rings. The molecule has 76 valence electrons. The van der Waals surface area contributed by atoms with Gasteiger partial charge in [0.15, 0.2) is 0 Å². The van der Waals surface area contributed by atoms with Crippen LogP contribution in [0.25, 0.3) is 0 Å². The summed E-state index contributed by atoms with van der Waals surface area (Å²) < 4.78 is 5.45. The minimum absolute atomic E-state index is 0.0183. The van der Waals surface area contributed by atoms with Gasteiger partial charge in [0.2, 0.25) is 6.41 Å². The Bertz CT molecular complexity index is 299. The van der Waals surface area contributed by atoms with Crippen LogP contribution in [0.15, 0.2) is 24.3 Å². The number of amides is 1. The van der Waals surface area contributed by atoms with E-state index in [9.17, 15) is 4.79 Å². The highest BCUT2D eigenvalue weighted by Crippen LogP contribution is 2.24. The molecule has 3 nitrogen and oxygen atoms in total. The molecule has 0 bridgehead atoms. The second kappa shape index (κ2) is 5.27. The molecule has 0 spiro atoms. The lowest BCUT2D eigenvalue weighted by Gasteiger charge is -2.15. The number of carbonyl (C=O) groups excluding carboxylic acids is 1. The van der Waals surface area contributed by atoms with Gasteiger partial charge in [-0.25, -0.2) is 0 Å². The van der Waals surface area contributed by atoms with E-state index in [1.54, 1.807) is 0 Å². The highest BCUT2D eigenvalue weighted by molar-refractivity contribution is 5.49. The molecule has 0 saturated heterocycles. The zero-order valence-electron chi connectivity index (χ0n) is 8.49. The van der Waals surface area contributed by atoms with E-state index < -0.39 is 0 Å². The van der Waals surface area contributed by atoms with Crippen LogP contribution in [0.3, 0.4) is 0 Å². The SMILES string of the molecule is CCOc1ccccc1C(C)NC=O. The van der Waals surface area contributed by atoms with Crippen molar-refractivity contribution >= 4 is 6.41 Å². The molecule has 0 aliphatic rings. The molecule has 0 heterocycles. The van der Waals surface area contributed by atoms with E-state index in [0.29, 0.717) is 13.0 Å². The normalized spacial score (nSPS) is 11.9. The van der Waals surface area contributed by atoms with Crippen LogP contribution in [0.4, 0.5) is 0 Å². The van der Waals surface area contributed by atoms with Crippen molar-refractivity contribution in [2.75, 3.05) is 6.61 Å². The van der Waals surface area contributed by atoms with E-state index in [2.05, 4.69) is 5.32 Å². The van der Waals surface area contributed by atoms with Gasteiger partial charge in [-0.3, -0.25) is 4.79 Å². The third kappa shape index (κ3) is 2.49. The number of para-hydroxylation sites is 1. The molecule has 3 heteroatoms. The molecule has 0 radical (unpaired) electrons. The average Bonchev–Trinajstić information content (AvgIpc) is 2.19. The summed E-state index contributed by atoms with van der Waals surface area (Å²) in [5.41, 5.74) is 1.00. The summed E-state index contributed by atoms with van der Waals surface area (Å²) in [6.45, 7) is 4.49. The molecule has 1 atom stereocenters. The molecule has 1 aromatic carbocycles. The summed E-state index contributed by atoms with van der Waals surface area (Å²) in [7, 11) is 0. The fourth-order valence-corrected chi connectivity index (χ4v) is 1.32. The maximum atomic E-state index is 10.3. The predicted octanol–water partition coefficient (Wildman–Crippen LogP) is 1.89. The lowest BCUT2D eigenvalue weighted by molar-refractivity contribution is -0.110. The van der Waals surface area contributed by atoms with Gasteiger partial charge in [0.1, 0.15) is 5.75 Å². The van der Waals surface area contributed by atoms with Crippen LogP contribution >= 0.6 is 0 Å². The summed E-state index contributed by atoms with van der Waals surface area (Å²) in [6.07, 6.45) is 0.702. The van der Waals surface area contributed by atoms with Crippen molar-refractivity contribution in [2.24, 2.45) is 0 Å². The summed E-state index contributed by atoms with van der Waals surface area (Å²) in [6, 6.07) is 7.69. The zero-order valence-corrected chi connectivity index (χ0v) is 8.49. The third-order valence-corrected chi connectivity index (χ3v) is 2.00. The van der Waals surface area contributed by atoms with Gasteiger partial charge in [-0.05, 0) is 19.9 Å². The molecule has 1 rings (SSSR count). The van der Waals surface area contributed by atoms with Gasteiger partial charge in [0.25, 0.3) is 0 Å². The number of carbonyl (C=O) groups is 1. The molecule has 0 fully saturated rings. The van der Waals surface area contributed by atoms with Crippen molar-refractivity contribution in [3.8, 4) is 5.75 Å². The minimum Gasteiger partial charge on any atom is -0.494 e. The lowest BCUT2D eigenvalue weighted by atomic mass is 10.1. The molecule has 1 N–H and O–H groups in total. The third-order valence-electron chi connectivity index (χ3n) is 2.00. The molecule has 1 unspecified atom stereocenters. The first-order chi connectivity index (χ1) is 6.79. The average molecular weight is 193 g/mol. The topological polar surface area (TPSA) is 38.3 Å². The molecular weight excluding hydrogens is 178 g/mol. The van der Waals surface area contributed by atoms with Gasteiger partial charge >= 0.3 is 0 Å². The Kier molecular flexibility index (Phi) is 3.98. The highest BCUT2D eigenvalue weighted by atomic mass is 16.5. The Morgan fingerprint density at radius 2 is 2.21 bits per heavy atom. The lowest BCUT2D eigenvalue weighted by Crippen LogP contribution is -2.17. The number of hydrogen-bond acceptors (Lipinski definition) is 2. The van der Waals surface area contributed by atoms with Crippen molar-refractivity contribution in [2.45, 2.75) is 19.9 Å². The molecule has 14 heavy (non-hydrogen) atoms. The van der Waals surface area contributed by atoms with Crippen molar-refractivity contribution in [3.63, 3.8) is 0 Å². The second-order valence-corrected chi connectivity index (χ2v) is 2.98. The van der Waals surface area contributed by atoms with E-state index in [-0.39, 0.29) is 6.04 Å². The Morgan fingerprint density at radius 1 is 1.50 bits per heavy atom. The first-order valence-electron chi connectivity index (χ1n) is 4.71. The number of nitrogens with one attached hydrogen (secondary N) is 1. The van der Waals surface area contributed by atoms with Gasteiger partial charge in [0, 0.05) is 5.56 Å². The summed E-state index contributed by atoms with van der Waals surface area (Å²) >= 11 is 0. The Hall–Kier alpha value is -1.51. The smallest absolute Gasteiger partial charge is 0.207 e. The summed E-state index contributed by atoms with van der Waals surface area (Å²) in [5, 5.41) is 2.70. The van der Waals surface area contributed by atoms with Crippen molar-refractivity contribution in [1.29, 1.82) is 0 Å². The van der Waals surface area contributed by atoms with E-state index in [4.69, 9.17) is 4.74 Å². The van der Waals surface area contributed by atoms with Gasteiger partial charge < -0.3 is 10.1 Å². The molecule has 1 amide bonds. The minimum atomic E-state index is -0.0183. The van der Waals surface area contributed by atoms with Crippen LogP contribution in [0.5, 0.6) is 5.75 Å². The first-order valence-corrected chi connectivity index (χ1v) is 4.71. The summed E-state index contributed by atoms with van der Waals surface area (Å²) in [4.78, 5) is 10.3. The van der Waals surface area contributed by atoms with Crippen LogP contribution in [0, 0.1) is 0 Å². The fraction of sp³-hybridized carbons (Fsp3) is 0.364. The maximum Gasteiger partial charge on any atom is 0.207 e. The Balaban J connectivity index is 2.87. The van der Waals surface area contributed by atoms with Crippen LogP contribution in [-0.4, -0.2) is 13.0 Å². The largest absolute Gasteiger partial charge is 0.494 e. The second-order valence-electron chi connectivity index (χ2n) is 2.98. The van der Waals surface area contributed by atoms with Crippen LogP contribution in [-0.2, 0) is 4.79 Å². The monoisotopic (exact) mass is 193 g/mol. The van der Waals surface area contributed by atoms with Gasteiger partial charge in [-0.2, -0.15) is 0 Å². The van der Waals surface area contributed by atoms with Gasteiger partial charge in [-0.15, -0.1) is 0 Å². The molecule has 0 saturated carbocycles. The van der Waals surface area contributed by atoms with E-state index in [1.807, 2.05) is 38.1 Å². The first kappa shape index (κ1) is 10.6. The highest BCUT2D eigenvalue weighted by Gasteiger charge is 2.09. The zero-order chi connectivity index (χ0) is 10.4. The Morgan fingerprint density at radius 3 is 2.86 bits per heavy atom. The van der Waals surface area contributed by atoms with Crippen molar-refractivity contribution in [1.82, 2.24) is 5.32 Å². The van der Waals surface area contributed by atoms with E-state index >= 15 is 0 Å². The van der Waals surface area contributed by atoms with Crippen LogP contribution < -0.4 is 10.1 Å². The standard InChI is InChI=1S/C11H15NO2/c1-3-14-11-7-5-4-6-10(11)9(2)12-8-13/h4-9H,3H2,1-2H3,(H,12,13). The number of ether oxygens (including phenoxy) is 1. The van der Waals surface area contributed by atoms with Crippen molar-refractivity contribution < 1.29 is 9.53 Å². The number of hydrogen-bond donors (Lipinski definition) is 1. The number of rotatable bonds is 5. The maximum absolute atomic E-state index is 10.3. The van der Waals surface area contributed by atoms with Crippen LogP contribution in [0.2, 0.25) is 0 Å². The van der Waals surface area contributed by atoms with Gasteiger partial charge in [-0.1, -0.05) is 18.2 Å². The summed E-state index contributed by atoms with van der Waals surface area (Å²) in [5.74, 6) is 0.830. The quantitative estimate of drug-likeness (QED) is 0.725. The molecule has 0 aliphatic heterocycles. The Labute approximate surface area is 84.1 Å². The molecule has 0 aromatic heterocycles. The van der Waals surface area contributed by atoms with Crippen LogP contribution in [0.1, 0.15) is 25.5 Å².